The van der Waals surface area contributed by atoms with Crippen LogP contribution in [0.3, 0.4) is 0 Å². The zero-order valence-electron chi connectivity index (χ0n) is 10.7. The van der Waals surface area contributed by atoms with Crippen LogP contribution in [0.2, 0.25) is 0 Å². The van der Waals surface area contributed by atoms with E-state index in [2.05, 4.69) is 34.8 Å². The van der Waals surface area contributed by atoms with Gasteiger partial charge >= 0.3 is 0 Å². The molecule has 4 nitrogen and oxygen atoms in total. The normalized spacial score (nSPS) is 11.0. The standard InChI is InChI=1S/C13H19N3O/c1-4-14-6-12-5-13(17-8-12)7-16-9-15-10(2)11(16)3/h5,8-9,14H,4,6-7H2,1-3H3. The molecule has 0 bridgehead atoms. The topological polar surface area (TPSA) is 43.0 Å². The zero-order valence-corrected chi connectivity index (χ0v) is 10.7. The number of nitrogens with zero attached hydrogens (tertiary/aromatic N) is 2. The molecule has 0 fully saturated rings. The van der Waals surface area contributed by atoms with Crippen LogP contribution in [0.4, 0.5) is 0 Å². The molecule has 17 heavy (non-hydrogen) atoms. The lowest BCUT2D eigenvalue weighted by Gasteiger charge is -2.01. The summed E-state index contributed by atoms with van der Waals surface area (Å²) in [5.41, 5.74) is 3.45. The second-order valence-corrected chi connectivity index (χ2v) is 4.24. The van der Waals surface area contributed by atoms with Crippen LogP contribution in [-0.2, 0) is 13.1 Å². The molecule has 2 aromatic rings. The number of furan rings is 1. The number of hydrogen-bond donors (Lipinski definition) is 1. The minimum absolute atomic E-state index is 0.749. The van der Waals surface area contributed by atoms with Gasteiger partial charge in [0, 0.05) is 17.8 Å². The van der Waals surface area contributed by atoms with Gasteiger partial charge in [0.2, 0.25) is 0 Å². The summed E-state index contributed by atoms with van der Waals surface area (Å²) in [6.45, 7) is 8.77. The summed E-state index contributed by atoms with van der Waals surface area (Å²) in [4.78, 5) is 4.28. The highest BCUT2D eigenvalue weighted by Gasteiger charge is 2.06. The van der Waals surface area contributed by atoms with Crippen LogP contribution in [0.5, 0.6) is 0 Å². The van der Waals surface area contributed by atoms with Crippen LogP contribution < -0.4 is 5.32 Å². The molecule has 0 aromatic carbocycles. The maximum Gasteiger partial charge on any atom is 0.123 e. The third-order valence-corrected chi connectivity index (χ3v) is 2.96. The molecule has 0 saturated heterocycles. The lowest BCUT2D eigenvalue weighted by molar-refractivity contribution is 0.489. The summed E-state index contributed by atoms with van der Waals surface area (Å²) >= 11 is 0. The minimum Gasteiger partial charge on any atom is -0.467 e. The van der Waals surface area contributed by atoms with Crippen LogP contribution in [0.1, 0.15) is 29.6 Å². The maximum absolute atomic E-state index is 5.54. The highest BCUT2D eigenvalue weighted by atomic mass is 16.3. The number of imidazole rings is 1. The summed E-state index contributed by atoms with van der Waals surface area (Å²) in [7, 11) is 0. The molecule has 0 saturated carbocycles. The predicted octanol–water partition coefficient (Wildman–Crippen LogP) is 2.25. The first-order valence-electron chi connectivity index (χ1n) is 5.96. The van der Waals surface area contributed by atoms with Crippen LogP contribution in [0.25, 0.3) is 0 Å². The summed E-state index contributed by atoms with van der Waals surface area (Å²) < 4.78 is 7.64. The van der Waals surface area contributed by atoms with Crippen molar-refractivity contribution in [2.75, 3.05) is 6.54 Å². The first-order chi connectivity index (χ1) is 8.20. The lowest BCUT2D eigenvalue weighted by atomic mass is 10.3. The average molecular weight is 233 g/mol. The van der Waals surface area contributed by atoms with Crippen molar-refractivity contribution in [3.05, 3.63) is 41.4 Å². The van der Waals surface area contributed by atoms with E-state index in [9.17, 15) is 0 Å². The fraction of sp³-hybridized carbons (Fsp3) is 0.462. The Morgan fingerprint density at radius 2 is 2.24 bits per heavy atom. The lowest BCUT2D eigenvalue weighted by Crippen LogP contribution is -2.10. The van der Waals surface area contributed by atoms with Crippen molar-refractivity contribution in [2.45, 2.75) is 33.9 Å². The summed E-state index contributed by atoms with van der Waals surface area (Å²) in [6.07, 6.45) is 3.67. The molecule has 2 rings (SSSR count). The van der Waals surface area contributed by atoms with E-state index in [1.807, 2.05) is 19.5 Å². The van der Waals surface area contributed by atoms with E-state index < -0.39 is 0 Å². The van der Waals surface area contributed by atoms with Crippen molar-refractivity contribution in [1.29, 1.82) is 0 Å². The number of rotatable bonds is 5. The predicted molar refractivity (Wildman–Crippen MR) is 66.9 cm³/mol. The number of aromatic nitrogens is 2. The summed E-state index contributed by atoms with van der Waals surface area (Å²) in [5, 5.41) is 3.28. The van der Waals surface area contributed by atoms with Gasteiger partial charge in [-0.3, -0.25) is 0 Å². The van der Waals surface area contributed by atoms with Gasteiger partial charge in [0.05, 0.1) is 24.8 Å². The molecule has 0 amide bonds. The van der Waals surface area contributed by atoms with Crippen LogP contribution in [0, 0.1) is 13.8 Å². The molecule has 0 aliphatic carbocycles. The molecule has 2 heterocycles. The fourth-order valence-corrected chi connectivity index (χ4v) is 1.74. The van der Waals surface area contributed by atoms with Gasteiger partial charge in [0.1, 0.15) is 5.76 Å². The molecule has 0 aliphatic rings. The summed E-state index contributed by atoms with van der Waals surface area (Å²) in [6, 6.07) is 2.09. The van der Waals surface area contributed by atoms with Gasteiger partial charge in [-0.2, -0.15) is 0 Å². The molecule has 1 N–H and O–H groups in total. The van der Waals surface area contributed by atoms with Crippen molar-refractivity contribution < 1.29 is 4.42 Å². The second kappa shape index (κ2) is 5.19. The van der Waals surface area contributed by atoms with Gasteiger partial charge in [0.15, 0.2) is 0 Å². The van der Waals surface area contributed by atoms with Gasteiger partial charge in [-0.05, 0) is 26.5 Å². The van der Waals surface area contributed by atoms with E-state index in [0.717, 1.165) is 31.1 Å². The molecule has 4 heteroatoms. The van der Waals surface area contributed by atoms with Crippen molar-refractivity contribution in [3.8, 4) is 0 Å². The monoisotopic (exact) mass is 233 g/mol. The second-order valence-electron chi connectivity index (χ2n) is 4.24. The van der Waals surface area contributed by atoms with E-state index in [4.69, 9.17) is 4.42 Å². The van der Waals surface area contributed by atoms with E-state index in [1.165, 1.54) is 11.3 Å². The van der Waals surface area contributed by atoms with Gasteiger partial charge in [-0.25, -0.2) is 4.98 Å². The molecule has 0 spiro atoms. The average Bonchev–Trinajstić information content (AvgIpc) is 2.89. The Kier molecular flexibility index (Phi) is 3.64. The molecule has 0 unspecified atom stereocenters. The van der Waals surface area contributed by atoms with Crippen LogP contribution in [-0.4, -0.2) is 16.1 Å². The van der Waals surface area contributed by atoms with Gasteiger partial charge < -0.3 is 14.3 Å². The molecule has 0 aliphatic heterocycles. The van der Waals surface area contributed by atoms with Crippen LogP contribution >= 0.6 is 0 Å². The Hall–Kier alpha value is -1.55. The third kappa shape index (κ3) is 2.77. The van der Waals surface area contributed by atoms with E-state index in [-0.39, 0.29) is 0 Å². The molecular weight excluding hydrogens is 214 g/mol. The first-order valence-corrected chi connectivity index (χ1v) is 5.96. The quantitative estimate of drug-likeness (QED) is 0.861. The molecule has 92 valence electrons. The molecule has 0 radical (unpaired) electrons. The fourth-order valence-electron chi connectivity index (χ4n) is 1.74. The zero-order chi connectivity index (χ0) is 12.3. The Labute approximate surface area is 102 Å². The van der Waals surface area contributed by atoms with Gasteiger partial charge in [0.25, 0.3) is 0 Å². The first kappa shape index (κ1) is 11.9. The Balaban J connectivity index is 2.04. The molecule has 0 atom stereocenters. The Morgan fingerprint density at radius 3 is 2.88 bits per heavy atom. The van der Waals surface area contributed by atoms with Crippen molar-refractivity contribution >= 4 is 0 Å². The van der Waals surface area contributed by atoms with E-state index >= 15 is 0 Å². The maximum atomic E-state index is 5.54. The van der Waals surface area contributed by atoms with Gasteiger partial charge in [-0.1, -0.05) is 6.92 Å². The van der Waals surface area contributed by atoms with Gasteiger partial charge in [-0.15, -0.1) is 0 Å². The SMILES string of the molecule is CCNCc1coc(Cn2cnc(C)c2C)c1. The summed E-state index contributed by atoms with van der Waals surface area (Å²) in [5.74, 6) is 0.971. The smallest absolute Gasteiger partial charge is 0.123 e. The number of aryl methyl sites for hydroxylation is 1. The van der Waals surface area contributed by atoms with Crippen molar-refractivity contribution in [3.63, 3.8) is 0 Å². The van der Waals surface area contributed by atoms with Crippen molar-refractivity contribution in [2.24, 2.45) is 0 Å². The van der Waals surface area contributed by atoms with E-state index in [0.29, 0.717) is 0 Å². The van der Waals surface area contributed by atoms with Crippen molar-refractivity contribution in [1.82, 2.24) is 14.9 Å². The molecular formula is C13H19N3O. The third-order valence-electron chi connectivity index (χ3n) is 2.96. The number of hydrogen-bond acceptors (Lipinski definition) is 3. The minimum atomic E-state index is 0.749. The Bertz CT molecular complexity index is 485. The highest BCUT2D eigenvalue weighted by molar-refractivity contribution is 5.15. The Morgan fingerprint density at radius 1 is 1.41 bits per heavy atom. The van der Waals surface area contributed by atoms with Crippen LogP contribution in [0.15, 0.2) is 23.1 Å². The van der Waals surface area contributed by atoms with E-state index in [1.54, 1.807) is 0 Å². The number of nitrogens with one attached hydrogen (secondary N) is 1. The largest absolute Gasteiger partial charge is 0.467 e. The molecule has 2 aromatic heterocycles. The highest BCUT2D eigenvalue weighted by Crippen LogP contribution is 2.12.